The van der Waals surface area contributed by atoms with Crippen molar-refractivity contribution in [2.24, 2.45) is 0 Å². The van der Waals surface area contributed by atoms with Gasteiger partial charge in [0.05, 0.1) is 6.61 Å². The SMILES string of the molecule is CCCCCC(=O)Nc1cccc(NC(=S)NC(=O)c2ccc(OCCOCC)cc2)c1. The van der Waals surface area contributed by atoms with Crippen molar-refractivity contribution in [1.29, 1.82) is 0 Å². The Balaban J connectivity index is 1.82. The Kier molecular flexibility index (Phi) is 11.2. The first-order chi connectivity index (χ1) is 15.5. The second kappa shape index (κ2) is 14.2. The third kappa shape index (κ3) is 9.45. The van der Waals surface area contributed by atoms with Crippen LogP contribution in [0.3, 0.4) is 0 Å². The zero-order chi connectivity index (χ0) is 23.2. The molecular weight excluding hydrogens is 426 g/mol. The fourth-order valence-corrected chi connectivity index (χ4v) is 3.05. The molecular formula is C24H31N3O4S. The fraction of sp³-hybridized carbons (Fsp3) is 0.375. The molecule has 0 atom stereocenters. The number of hydrogen-bond donors (Lipinski definition) is 3. The quantitative estimate of drug-likeness (QED) is 0.315. The normalized spacial score (nSPS) is 10.3. The van der Waals surface area contributed by atoms with Crippen LogP contribution in [-0.4, -0.2) is 36.7 Å². The van der Waals surface area contributed by atoms with Crippen molar-refractivity contribution in [3.63, 3.8) is 0 Å². The summed E-state index contributed by atoms with van der Waals surface area (Å²) in [6.07, 6.45) is 3.47. The molecule has 0 radical (unpaired) electrons. The molecule has 0 saturated heterocycles. The molecule has 32 heavy (non-hydrogen) atoms. The highest BCUT2D eigenvalue weighted by molar-refractivity contribution is 7.80. The van der Waals surface area contributed by atoms with Crippen LogP contribution in [0.1, 0.15) is 49.9 Å². The molecule has 2 rings (SSSR count). The predicted molar refractivity (Wildman–Crippen MR) is 131 cm³/mol. The van der Waals surface area contributed by atoms with Crippen LogP contribution in [0.2, 0.25) is 0 Å². The number of nitrogens with one attached hydrogen (secondary N) is 3. The molecule has 2 amide bonds. The van der Waals surface area contributed by atoms with Crippen molar-refractivity contribution in [2.75, 3.05) is 30.5 Å². The molecule has 8 heteroatoms. The summed E-state index contributed by atoms with van der Waals surface area (Å²) < 4.78 is 10.8. The first kappa shape index (κ1) is 25.3. The number of carbonyl (C=O) groups is 2. The third-order valence-electron chi connectivity index (χ3n) is 4.46. The summed E-state index contributed by atoms with van der Waals surface area (Å²) in [7, 11) is 0. The highest BCUT2D eigenvalue weighted by Gasteiger charge is 2.09. The topological polar surface area (TPSA) is 88.7 Å². The average molecular weight is 458 g/mol. The Bertz CT molecular complexity index is 887. The first-order valence-corrected chi connectivity index (χ1v) is 11.3. The molecule has 7 nitrogen and oxygen atoms in total. The van der Waals surface area contributed by atoms with E-state index in [1.54, 1.807) is 42.5 Å². The minimum absolute atomic E-state index is 0.0169. The Labute approximate surface area is 194 Å². The molecule has 0 fully saturated rings. The van der Waals surface area contributed by atoms with E-state index in [9.17, 15) is 9.59 Å². The van der Waals surface area contributed by atoms with E-state index in [0.717, 1.165) is 19.3 Å². The largest absolute Gasteiger partial charge is 0.491 e. The maximum atomic E-state index is 12.4. The molecule has 0 aliphatic heterocycles. The van der Waals surface area contributed by atoms with Crippen molar-refractivity contribution in [3.05, 3.63) is 54.1 Å². The van der Waals surface area contributed by atoms with Crippen LogP contribution in [0.4, 0.5) is 11.4 Å². The van der Waals surface area contributed by atoms with Gasteiger partial charge in [0, 0.05) is 30.0 Å². The van der Waals surface area contributed by atoms with Gasteiger partial charge in [0.15, 0.2) is 5.11 Å². The van der Waals surface area contributed by atoms with Gasteiger partial charge in [-0.3, -0.25) is 14.9 Å². The van der Waals surface area contributed by atoms with Gasteiger partial charge in [0.2, 0.25) is 5.91 Å². The van der Waals surface area contributed by atoms with E-state index in [4.69, 9.17) is 21.7 Å². The monoisotopic (exact) mass is 457 g/mol. The third-order valence-corrected chi connectivity index (χ3v) is 4.66. The van der Waals surface area contributed by atoms with Crippen LogP contribution in [0.25, 0.3) is 0 Å². The number of carbonyl (C=O) groups excluding carboxylic acids is 2. The Morgan fingerprint density at radius 2 is 1.66 bits per heavy atom. The predicted octanol–water partition coefficient (Wildman–Crippen LogP) is 4.75. The van der Waals surface area contributed by atoms with Gasteiger partial charge in [-0.25, -0.2) is 0 Å². The van der Waals surface area contributed by atoms with Crippen LogP contribution in [-0.2, 0) is 9.53 Å². The van der Waals surface area contributed by atoms with Gasteiger partial charge < -0.3 is 20.1 Å². The minimum atomic E-state index is -0.330. The molecule has 172 valence electrons. The lowest BCUT2D eigenvalue weighted by molar-refractivity contribution is -0.116. The molecule has 0 heterocycles. The zero-order valence-corrected chi connectivity index (χ0v) is 19.4. The minimum Gasteiger partial charge on any atom is -0.491 e. The highest BCUT2D eigenvalue weighted by atomic mass is 32.1. The van der Waals surface area contributed by atoms with E-state index in [1.807, 2.05) is 13.0 Å². The Morgan fingerprint density at radius 1 is 0.938 bits per heavy atom. The van der Waals surface area contributed by atoms with Crippen LogP contribution in [0, 0.1) is 0 Å². The molecule has 0 unspecified atom stereocenters. The number of thiocarbonyl (C=S) groups is 1. The summed E-state index contributed by atoms with van der Waals surface area (Å²) in [5.74, 6) is 0.316. The Morgan fingerprint density at radius 3 is 2.34 bits per heavy atom. The van der Waals surface area contributed by atoms with E-state index in [2.05, 4.69) is 22.9 Å². The second-order valence-electron chi connectivity index (χ2n) is 7.06. The maximum absolute atomic E-state index is 12.4. The van der Waals surface area contributed by atoms with Crippen molar-refractivity contribution >= 4 is 40.5 Å². The van der Waals surface area contributed by atoms with E-state index < -0.39 is 0 Å². The van der Waals surface area contributed by atoms with Crippen molar-refractivity contribution < 1.29 is 19.1 Å². The molecule has 2 aromatic carbocycles. The molecule has 3 N–H and O–H groups in total. The number of hydrogen-bond acceptors (Lipinski definition) is 5. The molecule has 0 bridgehead atoms. The summed E-state index contributed by atoms with van der Waals surface area (Å²) in [6.45, 7) is 5.64. The molecule has 0 spiro atoms. The van der Waals surface area contributed by atoms with E-state index in [0.29, 0.717) is 48.9 Å². The number of ether oxygens (including phenoxy) is 2. The first-order valence-electron chi connectivity index (χ1n) is 10.8. The lowest BCUT2D eigenvalue weighted by Gasteiger charge is -2.12. The van der Waals surface area contributed by atoms with E-state index >= 15 is 0 Å². The molecule has 2 aromatic rings. The number of amides is 2. The van der Waals surface area contributed by atoms with Crippen LogP contribution in [0.5, 0.6) is 5.75 Å². The number of benzene rings is 2. The van der Waals surface area contributed by atoms with Crippen molar-refractivity contribution in [1.82, 2.24) is 5.32 Å². The van der Waals surface area contributed by atoms with Gasteiger partial charge in [0.25, 0.3) is 5.91 Å². The molecule has 0 aromatic heterocycles. The zero-order valence-electron chi connectivity index (χ0n) is 18.6. The van der Waals surface area contributed by atoms with Crippen molar-refractivity contribution in [3.8, 4) is 5.75 Å². The number of unbranched alkanes of at least 4 members (excludes halogenated alkanes) is 2. The summed E-state index contributed by atoms with van der Waals surface area (Å²) in [4.78, 5) is 24.4. The van der Waals surface area contributed by atoms with Gasteiger partial charge in [-0.15, -0.1) is 0 Å². The lowest BCUT2D eigenvalue weighted by atomic mass is 10.2. The summed E-state index contributed by atoms with van der Waals surface area (Å²) in [6, 6.07) is 14.0. The second-order valence-corrected chi connectivity index (χ2v) is 7.47. The van der Waals surface area contributed by atoms with Crippen LogP contribution in [0.15, 0.2) is 48.5 Å². The van der Waals surface area contributed by atoms with E-state index in [1.165, 1.54) is 0 Å². The average Bonchev–Trinajstić information content (AvgIpc) is 2.77. The number of rotatable bonds is 12. The smallest absolute Gasteiger partial charge is 0.257 e. The summed E-state index contributed by atoms with van der Waals surface area (Å²) >= 11 is 5.25. The number of anilines is 2. The van der Waals surface area contributed by atoms with Crippen LogP contribution >= 0.6 is 12.2 Å². The summed E-state index contributed by atoms with van der Waals surface area (Å²) in [5, 5.41) is 8.67. The lowest BCUT2D eigenvalue weighted by Crippen LogP contribution is -2.34. The highest BCUT2D eigenvalue weighted by Crippen LogP contribution is 2.16. The molecule has 0 aliphatic rings. The van der Waals surface area contributed by atoms with Gasteiger partial charge in [-0.1, -0.05) is 25.8 Å². The van der Waals surface area contributed by atoms with Gasteiger partial charge in [-0.2, -0.15) is 0 Å². The standard InChI is InChI=1S/C24H31N3O4S/c1-3-5-6-10-22(28)25-19-8-7-9-20(17-19)26-24(32)27-23(29)18-11-13-21(14-12-18)31-16-15-30-4-2/h7-9,11-14,17H,3-6,10,15-16H2,1-2H3,(H,25,28)(H2,26,27,29,32). The molecule has 0 saturated carbocycles. The summed E-state index contributed by atoms with van der Waals surface area (Å²) in [5.41, 5.74) is 1.80. The fourth-order valence-electron chi connectivity index (χ4n) is 2.84. The van der Waals surface area contributed by atoms with Gasteiger partial charge >= 0.3 is 0 Å². The Hall–Kier alpha value is -2.97. The van der Waals surface area contributed by atoms with Crippen molar-refractivity contribution in [2.45, 2.75) is 39.5 Å². The van der Waals surface area contributed by atoms with Gasteiger partial charge in [0.1, 0.15) is 12.4 Å². The van der Waals surface area contributed by atoms with Gasteiger partial charge in [-0.05, 0) is 68.0 Å². The maximum Gasteiger partial charge on any atom is 0.257 e. The van der Waals surface area contributed by atoms with Crippen LogP contribution < -0.4 is 20.7 Å². The van der Waals surface area contributed by atoms with E-state index in [-0.39, 0.29) is 16.9 Å². The molecule has 0 aliphatic carbocycles.